The van der Waals surface area contributed by atoms with Crippen LogP contribution in [-0.2, 0) is 13.0 Å². The normalized spacial score (nSPS) is 18.4. The van der Waals surface area contributed by atoms with Crippen molar-refractivity contribution in [3.8, 4) is 5.75 Å². The summed E-state index contributed by atoms with van der Waals surface area (Å²) in [6.45, 7) is 3.77. The number of carbonyl (C=O) groups excluding carboxylic acids is 1. The molecule has 0 aliphatic carbocycles. The minimum atomic E-state index is 0.0759. The van der Waals surface area contributed by atoms with Crippen molar-refractivity contribution in [3.63, 3.8) is 0 Å². The van der Waals surface area contributed by atoms with Crippen LogP contribution in [0.15, 0.2) is 35.7 Å². The van der Waals surface area contributed by atoms with E-state index in [1.54, 1.807) is 7.11 Å². The maximum atomic E-state index is 12.6. The van der Waals surface area contributed by atoms with E-state index >= 15 is 0 Å². The molecule has 1 saturated heterocycles. The van der Waals surface area contributed by atoms with E-state index < -0.39 is 0 Å². The van der Waals surface area contributed by atoms with Gasteiger partial charge in [0, 0.05) is 37.1 Å². The van der Waals surface area contributed by atoms with E-state index in [9.17, 15) is 4.79 Å². The maximum absolute atomic E-state index is 12.6. The Balaban J connectivity index is 1.39. The van der Waals surface area contributed by atoms with E-state index in [0.29, 0.717) is 17.4 Å². The van der Waals surface area contributed by atoms with Gasteiger partial charge in [-0.15, -0.1) is 11.3 Å². The van der Waals surface area contributed by atoms with E-state index in [1.807, 2.05) is 40.5 Å². The molecule has 1 amide bonds. The van der Waals surface area contributed by atoms with Gasteiger partial charge in [-0.2, -0.15) is 0 Å². The van der Waals surface area contributed by atoms with Gasteiger partial charge in [0.2, 0.25) is 0 Å². The standard InChI is InChI=1S/C18H20N2O2S/c1-22-16-5-3-2-4-15(16)18(21)20-11-14(12-20)19-8-6-17-13(10-19)7-9-23-17/h2-5,7,9,14H,6,8,10-12H2,1H3. The first kappa shape index (κ1) is 14.7. The zero-order valence-corrected chi connectivity index (χ0v) is 14.0. The number of fused-ring (bicyclic) bond motifs is 1. The topological polar surface area (TPSA) is 32.8 Å². The van der Waals surface area contributed by atoms with Gasteiger partial charge >= 0.3 is 0 Å². The second kappa shape index (κ2) is 5.98. The number of amides is 1. The fourth-order valence-corrected chi connectivity index (χ4v) is 4.32. The highest BCUT2D eigenvalue weighted by Gasteiger charge is 2.37. The van der Waals surface area contributed by atoms with Gasteiger partial charge in [-0.25, -0.2) is 0 Å². The summed E-state index contributed by atoms with van der Waals surface area (Å²) in [5, 5.41) is 2.19. The van der Waals surface area contributed by atoms with Gasteiger partial charge in [0.25, 0.3) is 5.91 Å². The molecule has 4 nitrogen and oxygen atoms in total. The van der Waals surface area contributed by atoms with Gasteiger partial charge in [0.05, 0.1) is 12.7 Å². The number of likely N-dealkylation sites (tertiary alicyclic amines) is 1. The largest absolute Gasteiger partial charge is 0.496 e. The van der Waals surface area contributed by atoms with Gasteiger partial charge < -0.3 is 9.64 Å². The molecular weight excluding hydrogens is 308 g/mol. The fourth-order valence-electron chi connectivity index (χ4n) is 3.43. The molecule has 2 aliphatic rings. The van der Waals surface area contributed by atoms with Crippen LogP contribution in [0.3, 0.4) is 0 Å². The monoisotopic (exact) mass is 328 g/mol. The van der Waals surface area contributed by atoms with E-state index in [-0.39, 0.29) is 5.91 Å². The summed E-state index contributed by atoms with van der Waals surface area (Å²) in [4.78, 5) is 18.6. The minimum absolute atomic E-state index is 0.0759. The third-order valence-electron chi connectivity index (χ3n) is 4.84. The molecule has 23 heavy (non-hydrogen) atoms. The molecule has 1 aromatic heterocycles. The van der Waals surface area contributed by atoms with Gasteiger partial charge in [-0.05, 0) is 35.6 Å². The summed E-state index contributed by atoms with van der Waals surface area (Å²) < 4.78 is 5.30. The Labute approximate surface area is 140 Å². The molecule has 3 heterocycles. The molecule has 2 aromatic rings. The number of hydrogen-bond donors (Lipinski definition) is 0. The van der Waals surface area contributed by atoms with E-state index in [1.165, 1.54) is 10.4 Å². The van der Waals surface area contributed by atoms with Crippen molar-refractivity contribution in [1.29, 1.82) is 0 Å². The quantitative estimate of drug-likeness (QED) is 0.868. The van der Waals surface area contributed by atoms with Crippen molar-refractivity contribution in [2.24, 2.45) is 0 Å². The average Bonchev–Trinajstić information content (AvgIpc) is 3.01. The number of hydrogen-bond acceptors (Lipinski definition) is 4. The van der Waals surface area contributed by atoms with E-state index in [0.717, 1.165) is 32.6 Å². The zero-order chi connectivity index (χ0) is 15.8. The second-order valence-corrected chi connectivity index (χ2v) is 7.15. The molecule has 5 heteroatoms. The number of methoxy groups -OCH3 is 1. The smallest absolute Gasteiger partial charge is 0.257 e. The Hall–Kier alpha value is -1.85. The summed E-state index contributed by atoms with van der Waals surface area (Å²) in [6, 6.07) is 10.2. The summed E-state index contributed by atoms with van der Waals surface area (Å²) in [5.74, 6) is 0.730. The SMILES string of the molecule is COc1ccccc1C(=O)N1CC(N2CCc3sccc3C2)C1. The van der Waals surface area contributed by atoms with Gasteiger partial charge in [0.15, 0.2) is 0 Å². The minimum Gasteiger partial charge on any atom is -0.496 e. The Bertz CT molecular complexity index is 721. The van der Waals surface area contributed by atoms with Crippen LogP contribution in [-0.4, -0.2) is 48.5 Å². The highest BCUT2D eigenvalue weighted by atomic mass is 32.1. The van der Waals surface area contributed by atoms with Gasteiger partial charge in [-0.1, -0.05) is 12.1 Å². The number of nitrogens with zero attached hydrogens (tertiary/aromatic N) is 2. The van der Waals surface area contributed by atoms with Crippen molar-refractivity contribution >= 4 is 17.2 Å². The van der Waals surface area contributed by atoms with Crippen LogP contribution in [0.25, 0.3) is 0 Å². The highest BCUT2D eigenvalue weighted by Crippen LogP contribution is 2.29. The van der Waals surface area contributed by atoms with Crippen LogP contribution in [0.5, 0.6) is 5.75 Å². The van der Waals surface area contributed by atoms with E-state index in [4.69, 9.17) is 4.74 Å². The second-order valence-electron chi connectivity index (χ2n) is 6.15. The predicted octanol–water partition coefficient (Wildman–Crippen LogP) is 2.64. The number of thiophene rings is 1. The molecule has 1 aromatic carbocycles. The van der Waals surface area contributed by atoms with Crippen molar-refractivity contribution in [1.82, 2.24) is 9.80 Å². The van der Waals surface area contributed by atoms with Gasteiger partial charge in [-0.3, -0.25) is 9.69 Å². The lowest BCUT2D eigenvalue weighted by molar-refractivity contribution is 0.0218. The van der Waals surface area contributed by atoms with Crippen molar-refractivity contribution < 1.29 is 9.53 Å². The fraction of sp³-hybridized carbons (Fsp3) is 0.389. The maximum Gasteiger partial charge on any atom is 0.257 e. The van der Waals surface area contributed by atoms with E-state index in [2.05, 4.69) is 16.3 Å². The van der Waals surface area contributed by atoms with Gasteiger partial charge in [0.1, 0.15) is 5.75 Å². The van der Waals surface area contributed by atoms with Crippen LogP contribution in [0, 0.1) is 0 Å². The molecule has 0 N–H and O–H groups in total. The Morgan fingerprint density at radius 1 is 1.26 bits per heavy atom. The molecule has 0 radical (unpaired) electrons. The van der Waals surface area contributed by atoms with Crippen molar-refractivity contribution in [2.45, 2.75) is 19.0 Å². The first-order chi connectivity index (χ1) is 11.3. The summed E-state index contributed by atoms with van der Waals surface area (Å²) >= 11 is 1.87. The summed E-state index contributed by atoms with van der Waals surface area (Å²) in [5.41, 5.74) is 2.13. The van der Waals surface area contributed by atoms with Crippen molar-refractivity contribution in [2.75, 3.05) is 26.7 Å². The summed E-state index contributed by atoms with van der Waals surface area (Å²) in [7, 11) is 1.61. The first-order valence-corrected chi connectivity index (χ1v) is 8.86. The first-order valence-electron chi connectivity index (χ1n) is 7.98. The number of rotatable bonds is 3. The van der Waals surface area contributed by atoms with Crippen LogP contribution >= 0.6 is 11.3 Å². The lowest BCUT2D eigenvalue weighted by Gasteiger charge is -2.46. The molecule has 1 fully saturated rings. The molecule has 0 spiro atoms. The lowest BCUT2D eigenvalue weighted by atomic mass is 10.0. The zero-order valence-electron chi connectivity index (χ0n) is 13.2. The Morgan fingerprint density at radius 2 is 2.09 bits per heavy atom. The Kier molecular flexibility index (Phi) is 3.83. The number of para-hydroxylation sites is 1. The van der Waals surface area contributed by atoms with Crippen LogP contribution in [0.1, 0.15) is 20.8 Å². The average molecular weight is 328 g/mol. The molecule has 0 bridgehead atoms. The van der Waals surface area contributed by atoms with Crippen molar-refractivity contribution in [3.05, 3.63) is 51.7 Å². The molecule has 0 atom stereocenters. The molecule has 0 saturated carbocycles. The summed E-state index contributed by atoms with van der Waals surface area (Å²) in [6.07, 6.45) is 1.14. The van der Waals surface area contributed by atoms with Crippen LogP contribution in [0.2, 0.25) is 0 Å². The van der Waals surface area contributed by atoms with Crippen LogP contribution < -0.4 is 4.74 Å². The molecule has 120 valence electrons. The molecular formula is C18H20N2O2S. The lowest BCUT2D eigenvalue weighted by Crippen LogP contribution is -2.61. The third-order valence-corrected chi connectivity index (χ3v) is 5.86. The number of ether oxygens (including phenoxy) is 1. The predicted molar refractivity (Wildman–Crippen MR) is 91.1 cm³/mol. The third kappa shape index (κ3) is 2.64. The highest BCUT2D eigenvalue weighted by molar-refractivity contribution is 7.10. The Morgan fingerprint density at radius 3 is 2.91 bits per heavy atom. The number of benzene rings is 1. The number of carbonyl (C=O) groups is 1. The molecule has 2 aliphatic heterocycles. The molecule has 0 unspecified atom stereocenters. The van der Waals surface area contributed by atoms with Crippen LogP contribution in [0.4, 0.5) is 0 Å². The molecule has 4 rings (SSSR count).